The first-order valence-electron chi connectivity index (χ1n) is 5.11. The Morgan fingerprint density at radius 2 is 2.24 bits per heavy atom. The average Bonchev–Trinajstić information content (AvgIpc) is 2.26. The topological polar surface area (TPSA) is 93.7 Å². The van der Waals surface area contributed by atoms with Crippen LogP contribution in [0.5, 0.6) is 0 Å². The lowest BCUT2D eigenvalue weighted by Crippen LogP contribution is -2.25. The predicted octanol–water partition coefficient (Wildman–Crippen LogP) is 0.336. The Hall–Kier alpha value is -2.04. The normalized spacial score (nSPS) is 10.1. The van der Waals surface area contributed by atoms with Crippen molar-refractivity contribution in [2.75, 3.05) is 20.6 Å². The van der Waals surface area contributed by atoms with Crippen molar-refractivity contribution in [2.24, 2.45) is 5.11 Å². The number of hydrogen-bond acceptors (Lipinski definition) is 5. The molecule has 90 valence electrons. The van der Waals surface area contributed by atoms with Crippen molar-refractivity contribution in [3.63, 3.8) is 0 Å². The monoisotopic (exact) mass is 234 g/mol. The molecule has 0 heterocycles. The highest BCUT2D eigenvalue weighted by Gasteiger charge is 2.07. The van der Waals surface area contributed by atoms with E-state index in [-0.39, 0.29) is 5.56 Å². The molecule has 1 aromatic carbocycles. The zero-order valence-corrected chi connectivity index (χ0v) is 9.80. The smallest absolute Gasteiger partial charge is 0.220 e. The molecule has 0 unspecified atom stereocenters. The Kier molecular flexibility index (Phi) is 4.51. The molecule has 17 heavy (non-hydrogen) atoms. The van der Waals surface area contributed by atoms with Crippen molar-refractivity contribution in [3.05, 3.63) is 29.3 Å². The van der Waals surface area contributed by atoms with Gasteiger partial charge in [-0.3, -0.25) is 0 Å². The highest BCUT2D eigenvalue weighted by molar-refractivity contribution is 5.88. The van der Waals surface area contributed by atoms with Crippen LogP contribution in [0.1, 0.15) is 15.9 Å². The predicted molar refractivity (Wildman–Crippen MR) is 60.0 cm³/mol. The van der Waals surface area contributed by atoms with Gasteiger partial charge in [-0.05, 0) is 38.2 Å². The van der Waals surface area contributed by atoms with Crippen LogP contribution in [0, 0.1) is 5.53 Å². The summed E-state index contributed by atoms with van der Waals surface area (Å²) in [6.07, 6.45) is 0.581. The number of nitrogens with one attached hydrogen (secondary N) is 1. The van der Waals surface area contributed by atoms with E-state index in [1.165, 1.54) is 12.1 Å². The lowest BCUT2D eigenvalue weighted by atomic mass is 10.0. The number of carbonyl (C=O) groups excluding carboxylic acids is 1. The maximum atomic E-state index is 10.9. The van der Waals surface area contributed by atoms with Crippen molar-refractivity contribution in [3.8, 4) is 0 Å². The number of carboxylic acid groups (broad SMARTS) is 1. The number of nitrogens with zero attached hydrogens (tertiary/aromatic N) is 3. The molecule has 0 aliphatic heterocycles. The quantitative estimate of drug-likeness (QED) is 0.587. The molecule has 0 radical (unpaired) electrons. The molecule has 0 fully saturated rings. The van der Waals surface area contributed by atoms with Gasteiger partial charge in [-0.2, -0.15) is 0 Å². The molecule has 1 N–H and O–H groups in total. The van der Waals surface area contributed by atoms with Gasteiger partial charge in [-0.15, -0.1) is 0 Å². The van der Waals surface area contributed by atoms with Crippen LogP contribution in [-0.2, 0) is 6.42 Å². The number of likely N-dealkylation sites (N-methyl/N-ethyl adjacent to an activating group) is 1. The second-order valence-electron chi connectivity index (χ2n) is 3.88. The van der Waals surface area contributed by atoms with E-state index in [2.05, 4.69) is 10.0 Å². The van der Waals surface area contributed by atoms with E-state index < -0.39 is 5.97 Å². The molecule has 0 aromatic heterocycles. The van der Waals surface area contributed by atoms with Crippen molar-refractivity contribution in [2.45, 2.75) is 6.42 Å². The van der Waals surface area contributed by atoms with Crippen LogP contribution in [0.4, 0.5) is 5.69 Å². The molecular weight excluding hydrogens is 220 g/mol. The maximum Gasteiger partial charge on any atom is 0.220 e. The van der Waals surface area contributed by atoms with Crippen molar-refractivity contribution in [1.29, 1.82) is 5.53 Å². The zero-order valence-electron chi connectivity index (χ0n) is 9.80. The van der Waals surface area contributed by atoms with Crippen molar-refractivity contribution in [1.82, 2.24) is 9.81 Å². The van der Waals surface area contributed by atoms with Gasteiger partial charge in [0.25, 0.3) is 0 Å². The molecule has 0 aliphatic rings. The SMILES string of the molecule is CN(C)CCc1cc(N=[N+]=N)ccc1C(=O)[O-]. The summed E-state index contributed by atoms with van der Waals surface area (Å²) in [6.45, 7) is 0.724. The molecule has 0 amide bonds. The van der Waals surface area contributed by atoms with E-state index in [9.17, 15) is 9.90 Å². The first-order valence-corrected chi connectivity index (χ1v) is 5.11. The Morgan fingerprint density at radius 3 is 2.76 bits per heavy atom. The number of carbonyl (C=O) groups is 1. The van der Waals surface area contributed by atoms with E-state index in [1.807, 2.05) is 19.0 Å². The summed E-state index contributed by atoms with van der Waals surface area (Å²) in [7, 11) is 3.82. The second kappa shape index (κ2) is 5.89. The molecule has 0 saturated heterocycles. The Bertz CT molecular complexity index is 465. The minimum atomic E-state index is -1.20. The molecule has 1 aromatic rings. The third kappa shape index (κ3) is 3.79. The fourth-order valence-corrected chi connectivity index (χ4v) is 1.45. The molecular formula is C11H14N4O2. The van der Waals surface area contributed by atoms with Gasteiger partial charge in [0.2, 0.25) is 4.91 Å². The van der Waals surface area contributed by atoms with Crippen LogP contribution in [-0.4, -0.2) is 31.5 Å². The fraction of sp³-hybridized carbons (Fsp3) is 0.364. The molecule has 6 nitrogen and oxygen atoms in total. The van der Waals surface area contributed by atoms with Gasteiger partial charge in [0.15, 0.2) is 10.8 Å². The number of rotatable bonds is 5. The molecule has 0 atom stereocenters. The lowest BCUT2D eigenvalue weighted by molar-refractivity contribution is -0.255. The minimum Gasteiger partial charge on any atom is -0.545 e. The molecule has 0 aliphatic carbocycles. The summed E-state index contributed by atoms with van der Waals surface area (Å²) < 4.78 is 0. The molecule has 0 spiro atoms. The average molecular weight is 234 g/mol. The third-order valence-electron chi connectivity index (χ3n) is 2.30. The van der Waals surface area contributed by atoms with Gasteiger partial charge >= 0.3 is 0 Å². The molecule has 6 heteroatoms. The van der Waals surface area contributed by atoms with E-state index in [4.69, 9.17) is 5.53 Å². The second-order valence-corrected chi connectivity index (χ2v) is 3.88. The highest BCUT2D eigenvalue weighted by atomic mass is 16.4. The van der Waals surface area contributed by atoms with Gasteiger partial charge in [0.1, 0.15) is 5.53 Å². The molecule has 0 saturated carbocycles. The fourth-order valence-electron chi connectivity index (χ4n) is 1.45. The van der Waals surface area contributed by atoms with Crippen LogP contribution >= 0.6 is 0 Å². The molecule has 1 rings (SSSR count). The number of aromatic carboxylic acids is 1. The van der Waals surface area contributed by atoms with Crippen LogP contribution in [0.3, 0.4) is 0 Å². The lowest BCUT2D eigenvalue weighted by Gasteiger charge is -2.13. The number of hydrogen-bond donors (Lipinski definition) is 1. The van der Waals surface area contributed by atoms with Gasteiger partial charge in [-0.1, -0.05) is 6.07 Å². The van der Waals surface area contributed by atoms with Crippen molar-refractivity contribution >= 4 is 11.7 Å². The van der Waals surface area contributed by atoms with E-state index in [1.54, 1.807) is 6.07 Å². The number of benzene rings is 1. The summed E-state index contributed by atoms with van der Waals surface area (Å²) >= 11 is 0. The molecule has 0 bridgehead atoms. The van der Waals surface area contributed by atoms with Gasteiger partial charge in [-0.25, -0.2) is 0 Å². The Balaban J connectivity index is 3.06. The standard InChI is InChI=1S/C11H14N4O2/c1-15(2)6-5-8-7-9(13-14-12)3-4-10(8)11(16)17/h3-4,7,12H,5-6H2,1-2H3. The summed E-state index contributed by atoms with van der Waals surface area (Å²) in [5, 5.41) is 14.5. The summed E-state index contributed by atoms with van der Waals surface area (Å²) in [6, 6.07) is 4.55. The minimum absolute atomic E-state index is 0.163. The van der Waals surface area contributed by atoms with E-state index in [0.717, 1.165) is 6.54 Å². The highest BCUT2D eigenvalue weighted by Crippen LogP contribution is 2.18. The maximum absolute atomic E-state index is 10.9. The van der Waals surface area contributed by atoms with Gasteiger partial charge in [0, 0.05) is 12.1 Å². The van der Waals surface area contributed by atoms with E-state index in [0.29, 0.717) is 17.7 Å². The largest absolute Gasteiger partial charge is 0.545 e. The zero-order chi connectivity index (χ0) is 12.8. The van der Waals surface area contributed by atoms with E-state index >= 15 is 0 Å². The third-order valence-corrected chi connectivity index (χ3v) is 2.30. The van der Waals surface area contributed by atoms with Crippen LogP contribution in [0.25, 0.3) is 0 Å². The summed E-state index contributed by atoms with van der Waals surface area (Å²) in [5.74, 6) is -1.20. The first-order chi connectivity index (χ1) is 8.04. The van der Waals surface area contributed by atoms with Crippen molar-refractivity contribution < 1.29 is 9.90 Å². The van der Waals surface area contributed by atoms with Crippen LogP contribution < -0.4 is 10.0 Å². The first kappa shape index (κ1) is 13.0. The number of carboxylic acids is 1. The van der Waals surface area contributed by atoms with Crippen LogP contribution in [0.2, 0.25) is 0 Å². The summed E-state index contributed by atoms with van der Waals surface area (Å²) in [4.78, 5) is 15.8. The van der Waals surface area contributed by atoms with Gasteiger partial charge in [0.05, 0.1) is 5.97 Å². The van der Waals surface area contributed by atoms with Gasteiger partial charge < -0.3 is 14.8 Å². The Labute approximate surface area is 99.1 Å². The Morgan fingerprint density at radius 1 is 1.53 bits per heavy atom. The van der Waals surface area contributed by atoms with Crippen LogP contribution in [0.15, 0.2) is 23.3 Å². The summed E-state index contributed by atoms with van der Waals surface area (Å²) in [5.41, 5.74) is 7.92.